The topological polar surface area (TPSA) is 32.3 Å². The molecular formula is C15H22N2O. The van der Waals surface area contributed by atoms with Crippen molar-refractivity contribution in [3.63, 3.8) is 0 Å². The lowest BCUT2D eigenvalue weighted by molar-refractivity contribution is -0.116. The molecule has 1 aromatic rings. The lowest BCUT2D eigenvalue weighted by Gasteiger charge is -2.27. The molecule has 0 spiro atoms. The highest BCUT2D eigenvalue weighted by molar-refractivity contribution is 5.88. The molecular weight excluding hydrogens is 224 g/mol. The van der Waals surface area contributed by atoms with Crippen LogP contribution in [0.5, 0.6) is 0 Å². The summed E-state index contributed by atoms with van der Waals surface area (Å²) < 4.78 is 0. The predicted molar refractivity (Wildman–Crippen MR) is 76.7 cm³/mol. The smallest absolute Gasteiger partial charge is 0.243 e. The monoisotopic (exact) mass is 246 g/mol. The Balaban J connectivity index is 2.49. The van der Waals surface area contributed by atoms with Crippen molar-refractivity contribution in [2.75, 3.05) is 18.5 Å². The van der Waals surface area contributed by atoms with Crippen molar-refractivity contribution in [1.82, 2.24) is 5.32 Å². The average Bonchev–Trinajstić information content (AvgIpc) is 2.35. The number of carbonyl (C=O) groups is 1. The van der Waals surface area contributed by atoms with Crippen LogP contribution in [0.15, 0.2) is 42.0 Å². The second-order valence-corrected chi connectivity index (χ2v) is 4.76. The van der Waals surface area contributed by atoms with Gasteiger partial charge in [-0.15, -0.1) is 0 Å². The maximum Gasteiger partial charge on any atom is 0.243 e. The van der Waals surface area contributed by atoms with Gasteiger partial charge in [0.05, 0.1) is 0 Å². The molecule has 0 unspecified atom stereocenters. The van der Waals surface area contributed by atoms with Crippen LogP contribution >= 0.6 is 0 Å². The molecule has 0 bridgehead atoms. The Kier molecular flexibility index (Phi) is 5.43. The zero-order valence-corrected chi connectivity index (χ0v) is 11.6. The maximum absolute atomic E-state index is 11.5. The molecule has 1 atom stereocenters. The van der Waals surface area contributed by atoms with Gasteiger partial charge in [-0.1, -0.05) is 23.8 Å². The molecule has 3 nitrogen and oxygen atoms in total. The second kappa shape index (κ2) is 6.84. The van der Waals surface area contributed by atoms with Gasteiger partial charge < -0.3 is 10.2 Å². The van der Waals surface area contributed by atoms with Crippen molar-refractivity contribution in [2.24, 2.45) is 0 Å². The molecule has 0 fully saturated rings. The first-order valence-corrected chi connectivity index (χ1v) is 6.21. The lowest BCUT2D eigenvalue weighted by atomic mass is 10.2. The number of hydrogen-bond donors (Lipinski definition) is 1. The van der Waals surface area contributed by atoms with Crippen molar-refractivity contribution < 1.29 is 4.79 Å². The number of para-hydroxylation sites is 1. The van der Waals surface area contributed by atoms with E-state index in [4.69, 9.17) is 0 Å². The van der Waals surface area contributed by atoms with E-state index in [1.807, 2.05) is 39.1 Å². The fourth-order valence-corrected chi connectivity index (χ4v) is 1.62. The van der Waals surface area contributed by atoms with Gasteiger partial charge in [0.25, 0.3) is 0 Å². The average molecular weight is 246 g/mol. The number of nitrogens with zero attached hydrogens (tertiary/aromatic N) is 1. The fraction of sp³-hybridized carbons (Fsp3) is 0.400. The van der Waals surface area contributed by atoms with Crippen molar-refractivity contribution in [2.45, 2.75) is 26.8 Å². The summed E-state index contributed by atoms with van der Waals surface area (Å²) in [6, 6.07) is 10.4. The molecule has 1 N–H and O–H groups in total. The SMILES string of the molecule is CC(C)=CC(=O)NC[C@@H](C)N(C)c1ccccc1. The summed E-state index contributed by atoms with van der Waals surface area (Å²) in [5, 5.41) is 2.91. The zero-order chi connectivity index (χ0) is 13.5. The Morgan fingerprint density at radius 3 is 2.50 bits per heavy atom. The van der Waals surface area contributed by atoms with Crippen molar-refractivity contribution >= 4 is 11.6 Å². The molecule has 0 aliphatic heterocycles. The molecule has 0 radical (unpaired) electrons. The normalized spacial score (nSPS) is 11.6. The van der Waals surface area contributed by atoms with Crippen molar-refractivity contribution in [3.8, 4) is 0 Å². The Labute approximate surface area is 109 Å². The lowest BCUT2D eigenvalue weighted by Crippen LogP contribution is -2.39. The molecule has 0 heterocycles. The van der Waals surface area contributed by atoms with Gasteiger partial charge in [-0.2, -0.15) is 0 Å². The van der Waals surface area contributed by atoms with Crippen LogP contribution in [0, 0.1) is 0 Å². The largest absolute Gasteiger partial charge is 0.370 e. The highest BCUT2D eigenvalue weighted by Crippen LogP contribution is 2.13. The number of amides is 1. The maximum atomic E-state index is 11.5. The Morgan fingerprint density at radius 2 is 1.94 bits per heavy atom. The second-order valence-electron chi connectivity index (χ2n) is 4.76. The summed E-state index contributed by atoms with van der Waals surface area (Å²) >= 11 is 0. The van der Waals surface area contributed by atoms with E-state index in [1.165, 1.54) is 0 Å². The summed E-state index contributed by atoms with van der Waals surface area (Å²) in [5.41, 5.74) is 2.16. The number of nitrogens with one attached hydrogen (secondary N) is 1. The first-order valence-electron chi connectivity index (χ1n) is 6.21. The van der Waals surface area contributed by atoms with Crippen LogP contribution < -0.4 is 10.2 Å². The Bertz CT molecular complexity index is 408. The van der Waals surface area contributed by atoms with Crippen molar-refractivity contribution in [1.29, 1.82) is 0 Å². The van der Waals surface area contributed by atoms with E-state index in [2.05, 4.69) is 29.3 Å². The van der Waals surface area contributed by atoms with Gasteiger partial charge in [-0.25, -0.2) is 0 Å². The molecule has 98 valence electrons. The number of hydrogen-bond acceptors (Lipinski definition) is 2. The highest BCUT2D eigenvalue weighted by Gasteiger charge is 2.10. The molecule has 0 saturated carbocycles. The van der Waals surface area contributed by atoms with Gasteiger partial charge >= 0.3 is 0 Å². The number of likely N-dealkylation sites (N-methyl/N-ethyl adjacent to an activating group) is 1. The molecule has 0 saturated heterocycles. The van der Waals surface area contributed by atoms with Crippen LogP contribution in [0.4, 0.5) is 5.69 Å². The van der Waals surface area contributed by atoms with Crippen LogP contribution in [0.3, 0.4) is 0 Å². The number of carbonyl (C=O) groups excluding carboxylic acids is 1. The summed E-state index contributed by atoms with van der Waals surface area (Å²) in [6.07, 6.45) is 1.62. The van der Waals surface area contributed by atoms with Crippen LogP contribution in [0.25, 0.3) is 0 Å². The quantitative estimate of drug-likeness (QED) is 0.810. The molecule has 1 aromatic carbocycles. The predicted octanol–water partition coefficient (Wildman–Crippen LogP) is 2.59. The van der Waals surface area contributed by atoms with Crippen LogP contribution in [0.1, 0.15) is 20.8 Å². The van der Waals surface area contributed by atoms with Gasteiger partial charge in [0.2, 0.25) is 5.91 Å². The van der Waals surface area contributed by atoms with E-state index in [1.54, 1.807) is 6.08 Å². The number of benzene rings is 1. The molecule has 0 aliphatic rings. The van der Waals surface area contributed by atoms with Crippen LogP contribution in [0.2, 0.25) is 0 Å². The molecule has 3 heteroatoms. The fourth-order valence-electron chi connectivity index (χ4n) is 1.62. The zero-order valence-electron chi connectivity index (χ0n) is 11.6. The first-order chi connectivity index (χ1) is 8.50. The van der Waals surface area contributed by atoms with E-state index < -0.39 is 0 Å². The van der Waals surface area contributed by atoms with E-state index in [9.17, 15) is 4.79 Å². The van der Waals surface area contributed by atoms with Crippen LogP contribution in [-0.4, -0.2) is 25.5 Å². The third kappa shape index (κ3) is 4.62. The van der Waals surface area contributed by atoms with Crippen molar-refractivity contribution in [3.05, 3.63) is 42.0 Å². The number of anilines is 1. The Morgan fingerprint density at radius 1 is 1.33 bits per heavy atom. The van der Waals surface area contributed by atoms with Gasteiger partial charge in [-0.3, -0.25) is 4.79 Å². The van der Waals surface area contributed by atoms with E-state index in [0.29, 0.717) is 6.54 Å². The number of rotatable bonds is 5. The highest BCUT2D eigenvalue weighted by atomic mass is 16.1. The minimum Gasteiger partial charge on any atom is -0.370 e. The van der Waals surface area contributed by atoms with Gasteiger partial charge in [-0.05, 0) is 32.9 Å². The third-order valence-electron chi connectivity index (χ3n) is 2.82. The van der Waals surface area contributed by atoms with Crippen LogP contribution in [-0.2, 0) is 4.79 Å². The minimum absolute atomic E-state index is 0.0247. The molecule has 1 amide bonds. The molecule has 0 aliphatic carbocycles. The summed E-state index contributed by atoms with van der Waals surface area (Å²) in [4.78, 5) is 13.7. The summed E-state index contributed by atoms with van der Waals surface area (Å²) in [6.45, 7) is 6.56. The van der Waals surface area contributed by atoms with Gasteiger partial charge in [0.15, 0.2) is 0 Å². The van der Waals surface area contributed by atoms with Gasteiger partial charge in [0, 0.05) is 31.4 Å². The minimum atomic E-state index is -0.0247. The van der Waals surface area contributed by atoms with E-state index in [-0.39, 0.29) is 11.9 Å². The molecule has 18 heavy (non-hydrogen) atoms. The standard InChI is InChI=1S/C15H22N2O/c1-12(2)10-15(18)16-11-13(3)17(4)14-8-6-5-7-9-14/h5-10,13H,11H2,1-4H3,(H,16,18)/t13-/m1/s1. The first kappa shape index (κ1) is 14.3. The summed E-state index contributed by atoms with van der Waals surface area (Å²) in [5.74, 6) is -0.0247. The Hall–Kier alpha value is -1.77. The van der Waals surface area contributed by atoms with E-state index in [0.717, 1.165) is 11.3 Å². The number of allylic oxidation sites excluding steroid dienone is 1. The third-order valence-corrected chi connectivity index (χ3v) is 2.82. The van der Waals surface area contributed by atoms with Gasteiger partial charge in [0.1, 0.15) is 0 Å². The molecule has 1 rings (SSSR count). The molecule has 0 aromatic heterocycles. The summed E-state index contributed by atoms with van der Waals surface area (Å²) in [7, 11) is 2.03. The van der Waals surface area contributed by atoms with E-state index >= 15 is 0 Å².